The highest BCUT2D eigenvalue weighted by atomic mass is 16.5. The third kappa shape index (κ3) is 11.5. The van der Waals surface area contributed by atoms with Crippen molar-refractivity contribution in [3.63, 3.8) is 0 Å². The van der Waals surface area contributed by atoms with Gasteiger partial charge in [-0.05, 0) is 92.9 Å². The van der Waals surface area contributed by atoms with Crippen molar-refractivity contribution in [3.05, 3.63) is 106 Å². The van der Waals surface area contributed by atoms with Gasteiger partial charge in [-0.2, -0.15) is 5.26 Å². The van der Waals surface area contributed by atoms with Gasteiger partial charge in [0, 0.05) is 55.8 Å². The highest BCUT2D eigenvalue weighted by Gasteiger charge is 2.17. The molecule has 4 rings (SSSR count). The quantitative estimate of drug-likeness (QED) is 0.0957. The lowest BCUT2D eigenvalue weighted by atomic mass is 9.93. The van der Waals surface area contributed by atoms with E-state index in [1.165, 1.54) is 6.20 Å². The Morgan fingerprint density at radius 2 is 1.42 bits per heavy atom. The summed E-state index contributed by atoms with van der Waals surface area (Å²) in [5.74, 6) is 2.11. The van der Waals surface area contributed by atoms with Gasteiger partial charge in [0.25, 0.3) is 0 Å². The van der Waals surface area contributed by atoms with Crippen LogP contribution < -0.4 is 14.2 Å². The molecule has 2 unspecified atom stereocenters. The van der Waals surface area contributed by atoms with E-state index in [0.29, 0.717) is 49.9 Å². The maximum Gasteiger partial charge on any atom is 0.128 e. The van der Waals surface area contributed by atoms with Crippen molar-refractivity contribution >= 4 is 0 Å². The van der Waals surface area contributed by atoms with E-state index < -0.39 is 12.2 Å². The minimum absolute atomic E-state index is 0.204. The Balaban J connectivity index is 1.50. The molecule has 0 aliphatic heterocycles. The van der Waals surface area contributed by atoms with Gasteiger partial charge in [-0.3, -0.25) is 9.88 Å². The van der Waals surface area contributed by atoms with Gasteiger partial charge in [0.05, 0.1) is 37.6 Å². The highest BCUT2D eigenvalue weighted by molar-refractivity contribution is 5.73. The molecule has 52 heavy (non-hydrogen) atoms. The average molecular weight is 713 g/mol. The van der Waals surface area contributed by atoms with Crippen molar-refractivity contribution in [2.24, 2.45) is 0 Å². The molecule has 11 nitrogen and oxygen atoms in total. The lowest BCUT2D eigenvalue weighted by Crippen LogP contribution is -2.32. The molecule has 11 heteroatoms. The van der Waals surface area contributed by atoms with Crippen molar-refractivity contribution in [1.29, 1.82) is 5.26 Å². The third-order valence-corrected chi connectivity index (χ3v) is 8.93. The molecule has 1 aromatic heterocycles. The van der Waals surface area contributed by atoms with Gasteiger partial charge in [0.1, 0.15) is 36.5 Å². The van der Waals surface area contributed by atoms with Crippen LogP contribution in [0, 0.1) is 32.1 Å². The fourth-order valence-corrected chi connectivity index (χ4v) is 6.08. The van der Waals surface area contributed by atoms with E-state index in [9.17, 15) is 20.6 Å². The second-order valence-corrected chi connectivity index (χ2v) is 13.3. The Bertz CT molecular complexity index is 1790. The lowest BCUT2D eigenvalue weighted by molar-refractivity contribution is 0.0645. The van der Waals surface area contributed by atoms with Crippen LogP contribution in [0.2, 0.25) is 0 Å². The first kappa shape index (κ1) is 40.2. The molecule has 0 spiro atoms. The molecule has 1 heterocycles. The average Bonchev–Trinajstić information content (AvgIpc) is 3.13. The molecule has 0 aliphatic carbocycles. The number of pyridine rings is 1. The summed E-state index contributed by atoms with van der Waals surface area (Å²) in [4.78, 5) is 8.05. The van der Waals surface area contributed by atoms with Crippen LogP contribution in [0.3, 0.4) is 0 Å². The highest BCUT2D eigenvalue weighted by Crippen LogP contribution is 2.35. The number of aliphatic hydroxyl groups is 4. The first-order chi connectivity index (χ1) is 25.0. The van der Waals surface area contributed by atoms with Gasteiger partial charge in [0.15, 0.2) is 0 Å². The van der Waals surface area contributed by atoms with Gasteiger partial charge < -0.3 is 39.5 Å². The Labute approximate surface area is 307 Å². The molecule has 4 aromatic rings. The predicted octanol–water partition coefficient (Wildman–Crippen LogP) is 4.54. The molecule has 0 fully saturated rings. The van der Waals surface area contributed by atoms with E-state index >= 15 is 0 Å². The summed E-state index contributed by atoms with van der Waals surface area (Å²) in [5, 5.41) is 47.4. The fourth-order valence-electron chi connectivity index (χ4n) is 6.08. The van der Waals surface area contributed by atoms with Gasteiger partial charge >= 0.3 is 0 Å². The van der Waals surface area contributed by atoms with Gasteiger partial charge in [0.2, 0.25) is 0 Å². The van der Waals surface area contributed by atoms with E-state index in [0.717, 1.165) is 63.2 Å². The molecular weight excluding hydrogens is 660 g/mol. The molecule has 0 radical (unpaired) electrons. The van der Waals surface area contributed by atoms with Gasteiger partial charge in [-0.15, -0.1) is 0 Å². The zero-order valence-corrected chi connectivity index (χ0v) is 30.9. The van der Waals surface area contributed by atoms with Crippen LogP contribution in [0.1, 0.15) is 45.4 Å². The van der Waals surface area contributed by atoms with Crippen LogP contribution in [-0.2, 0) is 19.8 Å². The van der Waals surface area contributed by atoms with Crippen LogP contribution >= 0.6 is 0 Å². The summed E-state index contributed by atoms with van der Waals surface area (Å²) in [6.07, 6.45) is 2.36. The Kier molecular flexibility index (Phi) is 15.4. The lowest BCUT2D eigenvalue weighted by Gasteiger charge is -2.22. The van der Waals surface area contributed by atoms with E-state index in [1.807, 2.05) is 61.2 Å². The Morgan fingerprint density at radius 1 is 0.750 bits per heavy atom. The molecule has 2 atom stereocenters. The topological polar surface area (TPSA) is 152 Å². The number of likely N-dealkylation sites (N-methyl/N-ethyl adjacent to an activating group) is 2. The largest absolute Gasteiger partial charge is 0.493 e. The van der Waals surface area contributed by atoms with E-state index in [-0.39, 0.29) is 19.8 Å². The van der Waals surface area contributed by atoms with Crippen molar-refractivity contribution < 1.29 is 34.6 Å². The van der Waals surface area contributed by atoms with Crippen molar-refractivity contribution in [3.8, 4) is 34.4 Å². The number of hydrogen-bond acceptors (Lipinski definition) is 11. The SMILES string of the molecule is Cc1cc(CN(C)CC(O)CO)c(OCc2cncc(C#N)c2)cc1OCc1cccc(-c2cccc(OCCCN(C)CC(O)CO)c2C)c1C. The number of rotatable bonds is 20. The summed E-state index contributed by atoms with van der Waals surface area (Å²) in [5.41, 5.74) is 8.41. The minimum Gasteiger partial charge on any atom is -0.493 e. The minimum atomic E-state index is -0.854. The third-order valence-electron chi connectivity index (χ3n) is 8.93. The van der Waals surface area contributed by atoms with Crippen LogP contribution in [0.5, 0.6) is 17.2 Å². The van der Waals surface area contributed by atoms with E-state index in [2.05, 4.69) is 43.1 Å². The Hall–Kier alpha value is -4.54. The molecule has 3 aromatic carbocycles. The van der Waals surface area contributed by atoms with E-state index in [1.54, 1.807) is 12.3 Å². The number of nitrogens with zero attached hydrogens (tertiary/aromatic N) is 4. The van der Waals surface area contributed by atoms with E-state index in [4.69, 9.17) is 19.3 Å². The summed E-state index contributed by atoms with van der Waals surface area (Å²) in [7, 11) is 3.79. The van der Waals surface area contributed by atoms with Crippen molar-refractivity contribution in [2.45, 2.75) is 59.2 Å². The second kappa shape index (κ2) is 19.9. The molecular formula is C41H52N4O7. The van der Waals surface area contributed by atoms with Crippen LogP contribution in [0.25, 0.3) is 11.1 Å². The number of hydrogen-bond donors (Lipinski definition) is 4. The smallest absolute Gasteiger partial charge is 0.128 e. The van der Waals surface area contributed by atoms with Gasteiger partial charge in [-0.25, -0.2) is 0 Å². The zero-order valence-electron chi connectivity index (χ0n) is 30.9. The zero-order chi connectivity index (χ0) is 37.6. The number of aromatic nitrogens is 1. The summed E-state index contributed by atoms with van der Waals surface area (Å²) >= 11 is 0. The molecule has 278 valence electrons. The number of nitriles is 1. The Morgan fingerprint density at radius 3 is 2.13 bits per heavy atom. The predicted molar refractivity (Wildman–Crippen MR) is 200 cm³/mol. The van der Waals surface area contributed by atoms with Crippen LogP contribution in [-0.4, -0.2) is 101 Å². The first-order valence-corrected chi connectivity index (χ1v) is 17.5. The standard InChI is InChI=1S/C41H52N4O7/c1-28-15-34(21-45(5)23-36(49)25-47)41(51-26-32-16-31(18-42)19-43-20-32)17-40(28)52-27-33-9-6-10-37(29(33)2)38-11-7-12-39(30(38)3)50-14-8-13-44(4)22-35(48)24-46/h6-7,9-12,15-17,19-20,35-36,46-49H,8,13-14,21-27H2,1-5H3. The second-order valence-electron chi connectivity index (χ2n) is 13.3. The maximum atomic E-state index is 9.99. The summed E-state index contributed by atoms with van der Waals surface area (Å²) in [6, 6.07) is 20.1. The molecule has 0 amide bonds. The molecule has 0 aliphatic rings. The fraction of sp³-hybridized carbons (Fsp3) is 0.415. The first-order valence-electron chi connectivity index (χ1n) is 17.5. The summed E-state index contributed by atoms with van der Waals surface area (Å²) < 4.78 is 18.9. The normalized spacial score (nSPS) is 12.5. The molecule has 4 N–H and O–H groups in total. The van der Waals surface area contributed by atoms with Gasteiger partial charge in [-0.1, -0.05) is 30.3 Å². The van der Waals surface area contributed by atoms with Crippen LogP contribution in [0.15, 0.2) is 67.0 Å². The van der Waals surface area contributed by atoms with Crippen molar-refractivity contribution in [2.75, 3.05) is 53.6 Å². The maximum absolute atomic E-state index is 9.99. The monoisotopic (exact) mass is 712 g/mol. The molecule has 0 bridgehead atoms. The number of aryl methyl sites for hydroxylation is 1. The number of ether oxygens (including phenoxy) is 3. The number of aliphatic hydroxyl groups excluding tert-OH is 4. The van der Waals surface area contributed by atoms with Crippen molar-refractivity contribution in [1.82, 2.24) is 14.8 Å². The molecule has 0 saturated carbocycles. The molecule has 0 saturated heterocycles. The summed E-state index contributed by atoms with van der Waals surface area (Å²) in [6.45, 7) is 8.58. The number of benzene rings is 3. The van der Waals surface area contributed by atoms with Crippen LogP contribution in [0.4, 0.5) is 0 Å².